The van der Waals surface area contributed by atoms with Gasteiger partial charge in [-0.25, -0.2) is 0 Å². The van der Waals surface area contributed by atoms with Crippen LogP contribution in [0.1, 0.15) is 148 Å². The van der Waals surface area contributed by atoms with Gasteiger partial charge in [0.1, 0.15) is 0 Å². The fourth-order valence-corrected chi connectivity index (χ4v) is 9.83. The maximum Gasteiger partial charge on any atom is 0.244 e. The fraction of sp³-hybridized carbons (Fsp3) is 0.909. The molecule has 0 aromatic rings. The number of rotatable bonds is 4. The lowest BCUT2D eigenvalue weighted by Crippen LogP contribution is -2.65. The molecule has 0 aromatic carbocycles. The summed E-state index contributed by atoms with van der Waals surface area (Å²) in [6.07, 6.45) is 32.7. The molecular weight excluding hydrogens is 468 g/mol. The van der Waals surface area contributed by atoms with E-state index in [-0.39, 0.29) is 17.6 Å². The van der Waals surface area contributed by atoms with E-state index >= 15 is 0 Å². The summed E-state index contributed by atoms with van der Waals surface area (Å²) >= 11 is 0. The third-order valence-corrected chi connectivity index (χ3v) is 11.6. The van der Waals surface area contributed by atoms with Crippen LogP contribution >= 0.6 is 0 Å². The first-order valence-electron chi connectivity index (χ1n) is 16.9. The first kappa shape index (κ1) is 28.6. The van der Waals surface area contributed by atoms with E-state index in [1.165, 1.54) is 147 Å². The van der Waals surface area contributed by atoms with E-state index in [0.29, 0.717) is 23.4 Å². The van der Waals surface area contributed by atoms with Gasteiger partial charge in [0, 0.05) is 23.0 Å². The Hall–Kier alpha value is -0.910. The van der Waals surface area contributed by atoms with Gasteiger partial charge in [0.05, 0.1) is 6.17 Å². The molecule has 2 heterocycles. The Kier molecular flexibility index (Phi) is 10.3. The molecule has 4 N–H and O–H groups in total. The Morgan fingerprint density at radius 3 is 1.97 bits per heavy atom. The molecule has 5 unspecified atom stereocenters. The molecule has 5 rings (SSSR count). The fourth-order valence-electron chi connectivity index (χ4n) is 9.83. The van der Waals surface area contributed by atoms with Crippen LogP contribution in [0.3, 0.4) is 0 Å². The van der Waals surface area contributed by atoms with Crippen molar-refractivity contribution in [2.75, 3.05) is 0 Å². The van der Waals surface area contributed by atoms with Crippen molar-refractivity contribution < 1.29 is 4.79 Å². The van der Waals surface area contributed by atoms with Crippen molar-refractivity contribution in [3.8, 4) is 0 Å². The molecule has 38 heavy (non-hydrogen) atoms. The van der Waals surface area contributed by atoms with Crippen LogP contribution in [-0.4, -0.2) is 29.7 Å². The summed E-state index contributed by atoms with van der Waals surface area (Å²) in [5.74, 6) is 1.38. The number of piperidine rings is 1. The van der Waals surface area contributed by atoms with Gasteiger partial charge in [-0.05, 0) is 69.3 Å². The standard InChI is InChI=1S/C33H58N4O/c1-2-30(38)34-29-24-26(25-32(35-29)21-15-10-6-7-11-16-22-32)31-33(23-17-14-20-28(33)36-37-31)27-18-12-8-4-3-5-9-13-19-27/h2,26-29,31,35-37H,1,3-25H2,(H,34,38). The number of hydrazine groups is 1. The normalized spacial score (nSPS) is 37.8. The van der Waals surface area contributed by atoms with Crippen molar-refractivity contribution in [3.63, 3.8) is 0 Å². The third-order valence-electron chi connectivity index (χ3n) is 11.6. The van der Waals surface area contributed by atoms with E-state index in [9.17, 15) is 4.79 Å². The average Bonchev–Trinajstić information content (AvgIpc) is 3.37. The van der Waals surface area contributed by atoms with Gasteiger partial charge in [0.25, 0.3) is 0 Å². The van der Waals surface area contributed by atoms with E-state index in [1.807, 2.05) is 0 Å². The summed E-state index contributed by atoms with van der Waals surface area (Å²) in [5, 5.41) is 7.38. The molecule has 0 aromatic heterocycles. The van der Waals surface area contributed by atoms with Crippen LogP contribution in [0.25, 0.3) is 0 Å². The summed E-state index contributed by atoms with van der Waals surface area (Å²) in [7, 11) is 0. The average molecular weight is 527 g/mol. The molecular formula is C33H58N4O. The summed E-state index contributed by atoms with van der Waals surface area (Å²) < 4.78 is 0. The van der Waals surface area contributed by atoms with Crippen LogP contribution in [0, 0.1) is 17.3 Å². The second kappa shape index (κ2) is 13.6. The Morgan fingerprint density at radius 2 is 1.32 bits per heavy atom. The smallest absolute Gasteiger partial charge is 0.244 e. The lowest BCUT2D eigenvalue weighted by molar-refractivity contribution is -0.118. The summed E-state index contributed by atoms with van der Waals surface area (Å²) in [6, 6.07) is 1.12. The highest BCUT2D eigenvalue weighted by molar-refractivity contribution is 5.87. The zero-order valence-corrected chi connectivity index (χ0v) is 24.3. The molecule has 1 spiro atoms. The van der Waals surface area contributed by atoms with Crippen LogP contribution in [0.5, 0.6) is 0 Å². The quantitative estimate of drug-likeness (QED) is 0.297. The number of hydrogen-bond donors (Lipinski definition) is 4. The molecule has 3 aliphatic carbocycles. The summed E-state index contributed by atoms with van der Waals surface area (Å²) in [4.78, 5) is 12.5. The van der Waals surface area contributed by atoms with E-state index in [2.05, 4.69) is 28.1 Å². The molecule has 216 valence electrons. The topological polar surface area (TPSA) is 65.2 Å². The van der Waals surface area contributed by atoms with Crippen LogP contribution in [0.4, 0.5) is 0 Å². The molecule has 5 nitrogen and oxygen atoms in total. The lowest BCUT2D eigenvalue weighted by atomic mass is 9.54. The number of carbonyl (C=O) groups excluding carboxylic acids is 1. The Balaban J connectivity index is 1.44. The van der Waals surface area contributed by atoms with E-state index in [4.69, 9.17) is 0 Å². The minimum Gasteiger partial charge on any atom is -0.337 e. The van der Waals surface area contributed by atoms with Gasteiger partial charge < -0.3 is 5.32 Å². The van der Waals surface area contributed by atoms with Crippen molar-refractivity contribution in [2.24, 2.45) is 17.3 Å². The van der Waals surface area contributed by atoms with Gasteiger partial charge in [-0.15, -0.1) is 0 Å². The molecule has 5 fully saturated rings. The Labute approximate surface area is 233 Å². The first-order valence-corrected chi connectivity index (χ1v) is 16.9. The second-order valence-corrected chi connectivity index (χ2v) is 13.9. The number of nitrogens with one attached hydrogen (secondary N) is 4. The maximum atomic E-state index is 12.5. The zero-order chi connectivity index (χ0) is 26.3. The van der Waals surface area contributed by atoms with Crippen LogP contribution < -0.4 is 21.5 Å². The maximum absolute atomic E-state index is 12.5. The van der Waals surface area contributed by atoms with E-state index in [0.717, 1.165) is 12.3 Å². The van der Waals surface area contributed by atoms with Gasteiger partial charge in [0.15, 0.2) is 0 Å². The molecule has 3 saturated carbocycles. The predicted molar refractivity (Wildman–Crippen MR) is 157 cm³/mol. The molecule has 0 bridgehead atoms. The van der Waals surface area contributed by atoms with Crippen LogP contribution in [0.2, 0.25) is 0 Å². The third kappa shape index (κ3) is 6.52. The highest BCUT2D eigenvalue weighted by atomic mass is 16.1. The minimum atomic E-state index is -0.0311. The molecule has 1 amide bonds. The number of fused-ring (bicyclic) bond motifs is 1. The minimum absolute atomic E-state index is 0.0311. The van der Waals surface area contributed by atoms with Crippen molar-refractivity contribution in [1.82, 2.24) is 21.5 Å². The Bertz CT molecular complexity index is 750. The lowest BCUT2D eigenvalue weighted by Gasteiger charge is -2.54. The highest BCUT2D eigenvalue weighted by Crippen LogP contribution is 2.55. The van der Waals surface area contributed by atoms with E-state index < -0.39 is 0 Å². The molecule has 2 saturated heterocycles. The van der Waals surface area contributed by atoms with Crippen molar-refractivity contribution in [3.05, 3.63) is 12.7 Å². The first-order chi connectivity index (χ1) is 18.7. The Morgan fingerprint density at radius 1 is 0.737 bits per heavy atom. The SMILES string of the molecule is C=CC(=O)NC1CC(C2NNC3CCCCC32C2CCCCCCCCC2)CC2(CCCCCCCC2)N1. The molecule has 5 atom stereocenters. The van der Waals surface area contributed by atoms with Crippen molar-refractivity contribution in [1.29, 1.82) is 0 Å². The van der Waals surface area contributed by atoms with Crippen molar-refractivity contribution in [2.45, 2.75) is 171 Å². The molecule has 5 aliphatic rings. The van der Waals surface area contributed by atoms with Crippen LogP contribution in [-0.2, 0) is 4.79 Å². The monoisotopic (exact) mass is 526 g/mol. The largest absolute Gasteiger partial charge is 0.337 e. The van der Waals surface area contributed by atoms with Gasteiger partial charge in [0.2, 0.25) is 5.91 Å². The summed E-state index contributed by atoms with van der Waals surface area (Å²) in [5.41, 5.74) is 8.45. The van der Waals surface area contributed by atoms with Gasteiger partial charge in [-0.2, -0.15) is 0 Å². The predicted octanol–water partition coefficient (Wildman–Crippen LogP) is 7.03. The zero-order valence-electron chi connectivity index (χ0n) is 24.3. The highest BCUT2D eigenvalue weighted by Gasteiger charge is 2.58. The van der Waals surface area contributed by atoms with Gasteiger partial charge in [-0.3, -0.25) is 21.0 Å². The van der Waals surface area contributed by atoms with Gasteiger partial charge in [-0.1, -0.05) is 103 Å². The molecule has 5 heteroatoms. The molecule has 2 aliphatic heterocycles. The number of carbonyl (C=O) groups is 1. The van der Waals surface area contributed by atoms with E-state index in [1.54, 1.807) is 0 Å². The molecule has 0 radical (unpaired) electrons. The number of amides is 1. The van der Waals surface area contributed by atoms with Crippen LogP contribution in [0.15, 0.2) is 12.7 Å². The summed E-state index contributed by atoms with van der Waals surface area (Å²) in [6.45, 7) is 3.76. The van der Waals surface area contributed by atoms with Crippen molar-refractivity contribution >= 4 is 5.91 Å². The number of hydrogen-bond acceptors (Lipinski definition) is 4. The second-order valence-electron chi connectivity index (χ2n) is 13.9. The van der Waals surface area contributed by atoms with Gasteiger partial charge >= 0.3 is 0 Å².